The topological polar surface area (TPSA) is 36.9 Å². The molecule has 13 heavy (non-hydrogen) atoms. The molecule has 1 aliphatic rings. The van der Waals surface area contributed by atoms with E-state index in [2.05, 4.69) is 19.7 Å². The Balaban J connectivity index is 2.28. The minimum Gasteiger partial charge on any atom is -0.302 e. The van der Waals surface area contributed by atoms with Crippen molar-refractivity contribution < 1.29 is 0 Å². The number of rotatable bonds is 3. The van der Waals surface area contributed by atoms with Gasteiger partial charge in [-0.1, -0.05) is 0 Å². The lowest BCUT2D eigenvalue weighted by Crippen LogP contribution is -2.15. The summed E-state index contributed by atoms with van der Waals surface area (Å²) in [6.07, 6.45) is 2.49. The van der Waals surface area contributed by atoms with E-state index in [1.54, 1.807) is 0 Å². The Morgan fingerprint density at radius 1 is 1.62 bits per heavy atom. The first kappa shape index (κ1) is 8.90. The van der Waals surface area contributed by atoms with Crippen LogP contribution < -0.4 is 0 Å². The zero-order chi connectivity index (χ0) is 9.42. The summed E-state index contributed by atoms with van der Waals surface area (Å²) in [5, 5.41) is 7.07. The molecular weight excluding hydrogens is 184 g/mol. The van der Waals surface area contributed by atoms with Gasteiger partial charge in [-0.25, -0.2) is 0 Å². The van der Waals surface area contributed by atoms with Gasteiger partial charge in [0.15, 0.2) is 4.77 Å². The van der Waals surface area contributed by atoms with Crippen molar-refractivity contribution in [2.75, 3.05) is 14.1 Å². The lowest BCUT2D eigenvalue weighted by Gasteiger charge is -2.09. The highest BCUT2D eigenvalue weighted by Gasteiger charge is 2.27. The minimum atomic E-state index is 0.612. The summed E-state index contributed by atoms with van der Waals surface area (Å²) < 4.78 is 2.91. The molecule has 1 heterocycles. The quantitative estimate of drug-likeness (QED) is 0.745. The second-order valence-electron chi connectivity index (χ2n) is 3.78. The number of nitrogens with zero attached hydrogens (tertiary/aromatic N) is 3. The summed E-state index contributed by atoms with van der Waals surface area (Å²) in [5.41, 5.74) is 0. The van der Waals surface area contributed by atoms with E-state index in [1.165, 1.54) is 12.8 Å². The maximum absolute atomic E-state index is 5.17. The average molecular weight is 198 g/mol. The van der Waals surface area contributed by atoms with Crippen molar-refractivity contribution in [1.29, 1.82) is 0 Å². The molecule has 0 radical (unpaired) electrons. The molecule has 0 aromatic carbocycles. The summed E-state index contributed by atoms with van der Waals surface area (Å²) in [7, 11) is 4.07. The molecule has 1 aromatic heterocycles. The third-order valence-electron chi connectivity index (χ3n) is 2.15. The Hall–Kier alpha value is -0.680. The predicted molar refractivity (Wildman–Crippen MR) is 53.1 cm³/mol. The number of aromatic amines is 1. The SMILES string of the molecule is CN(C)Cc1n[nH]c(=S)n1C1CC1. The molecule has 72 valence electrons. The second-order valence-corrected chi connectivity index (χ2v) is 4.17. The molecule has 0 unspecified atom stereocenters. The molecule has 2 rings (SSSR count). The van der Waals surface area contributed by atoms with Crippen LogP contribution in [-0.4, -0.2) is 33.8 Å². The smallest absolute Gasteiger partial charge is 0.195 e. The zero-order valence-corrected chi connectivity index (χ0v) is 8.77. The van der Waals surface area contributed by atoms with Gasteiger partial charge >= 0.3 is 0 Å². The van der Waals surface area contributed by atoms with Crippen molar-refractivity contribution in [1.82, 2.24) is 19.7 Å². The number of aromatic nitrogens is 3. The summed E-state index contributed by atoms with van der Waals surface area (Å²) in [6, 6.07) is 0.612. The van der Waals surface area contributed by atoms with E-state index in [0.717, 1.165) is 17.1 Å². The molecule has 0 saturated heterocycles. The van der Waals surface area contributed by atoms with E-state index in [0.29, 0.717) is 6.04 Å². The van der Waals surface area contributed by atoms with Gasteiger partial charge in [-0.3, -0.25) is 9.67 Å². The predicted octanol–water partition coefficient (Wildman–Crippen LogP) is 1.34. The van der Waals surface area contributed by atoms with Crippen molar-refractivity contribution in [3.63, 3.8) is 0 Å². The highest BCUT2D eigenvalue weighted by Crippen LogP contribution is 2.35. The maximum atomic E-state index is 5.17. The van der Waals surface area contributed by atoms with Gasteiger partial charge in [-0.15, -0.1) is 0 Å². The van der Waals surface area contributed by atoms with Crippen molar-refractivity contribution in [2.45, 2.75) is 25.4 Å². The molecule has 1 aliphatic carbocycles. The van der Waals surface area contributed by atoms with Gasteiger partial charge in [0.2, 0.25) is 0 Å². The van der Waals surface area contributed by atoms with Crippen LogP contribution in [0.2, 0.25) is 0 Å². The molecule has 5 heteroatoms. The fraction of sp³-hybridized carbons (Fsp3) is 0.750. The number of hydrogen-bond donors (Lipinski definition) is 1. The monoisotopic (exact) mass is 198 g/mol. The Bertz CT molecular complexity index is 347. The van der Waals surface area contributed by atoms with Crippen LogP contribution >= 0.6 is 12.2 Å². The number of hydrogen-bond acceptors (Lipinski definition) is 3. The Kier molecular flexibility index (Phi) is 2.21. The highest BCUT2D eigenvalue weighted by molar-refractivity contribution is 7.71. The van der Waals surface area contributed by atoms with Crippen molar-refractivity contribution in [2.24, 2.45) is 0 Å². The largest absolute Gasteiger partial charge is 0.302 e. The Labute approximate surface area is 82.6 Å². The number of nitrogens with one attached hydrogen (secondary N) is 1. The van der Waals surface area contributed by atoms with Gasteiger partial charge in [0, 0.05) is 6.04 Å². The minimum absolute atomic E-state index is 0.612. The van der Waals surface area contributed by atoms with Gasteiger partial charge < -0.3 is 4.90 Å². The van der Waals surface area contributed by atoms with Gasteiger partial charge in [0.25, 0.3) is 0 Å². The van der Waals surface area contributed by atoms with E-state index < -0.39 is 0 Å². The number of H-pyrrole nitrogens is 1. The molecule has 1 N–H and O–H groups in total. The van der Waals surface area contributed by atoms with Crippen molar-refractivity contribution >= 4 is 12.2 Å². The zero-order valence-electron chi connectivity index (χ0n) is 7.95. The summed E-state index contributed by atoms with van der Waals surface area (Å²) in [5.74, 6) is 1.05. The average Bonchev–Trinajstić information content (AvgIpc) is 2.79. The van der Waals surface area contributed by atoms with Crippen LogP contribution in [0.4, 0.5) is 0 Å². The molecule has 1 fully saturated rings. The first-order valence-corrected chi connectivity index (χ1v) is 4.90. The fourth-order valence-electron chi connectivity index (χ4n) is 1.44. The first-order chi connectivity index (χ1) is 6.18. The molecule has 0 aliphatic heterocycles. The van der Waals surface area contributed by atoms with Gasteiger partial charge in [-0.05, 0) is 39.2 Å². The lowest BCUT2D eigenvalue weighted by molar-refractivity contribution is 0.380. The Morgan fingerprint density at radius 3 is 2.85 bits per heavy atom. The molecule has 0 bridgehead atoms. The molecule has 0 spiro atoms. The van der Waals surface area contributed by atoms with Crippen LogP contribution in [0.15, 0.2) is 0 Å². The second kappa shape index (κ2) is 3.23. The van der Waals surface area contributed by atoms with Crippen molar-refractivity contribution in [3.8, 4) is 0 Å². The lowest BCUT2D eigenvalue weighted by atomic mass is 10.5. The van der Waals surface area contributed by atoms with Gasteiger partial charge in [0.05, 0.1) is 6.54 Å². The van der Waals surface area contributed by atoms with E-state index in [9.17, 15) is 0 Å². The van der Waals surface area contributed by atoms with E-state index in [-0.39, 0.29) is 0 Å². The summed E-state index contributed by atoms with van der Waals surface area (Å²) in [6.45, 7) is 0.851. The van der Waals surface area contributed by atoms with Gasteiger partial charge in [-0.2, -0.15) is 5.10 Å². The fourth-order valence-corrected chi connectivity index (χ4v) is 1.74. The summed E-state index contributed by atoms with van der Waals surface area (Å²) >= 11 is 5.17. The maximum Gasteiger partial charge on any atom is 0.195 e. The van der Waals surface area contributed by atoms with E-state index in [1.807, 2.05) is 14.1 Å². The molecule has 4 nitrogen and oxygen atoms in total. The van der Waals surface area contributed by atoms with Crippen LogP contribution in [0.5, 0.6) is 0 Å². The van der Waals surface area contributed by atoms with Crippen LogP contribution in [0, 0.1) is 4.77 Å². The highest BCUT2D eigenvalue weighted by atomic mass is 32.1. The van der Waals surface area contributed by atoms with Crippen LogP contribution in [0.25, 0.3) is 0 Å². The van der Waals surface area contributed by atoms with Crippen LogP contribution in [-0.2, 0) is 6.54 Å². The Morgan fingerprint density at radius 2 is 2.31 bits per heavy atom. The summed E-state index contributed by atoms with van der Waals surface area (Å²) in [4.78, 5) is 2.10. The normalized spacial score (nSPS) is 16.8. The molecule has 1 saturated carbocycles. The molecule has 0 amide bonds. The van der Waals surface area contributed by atoms with Crippen LogP contribution in [0.1, 0.15) is 24.7 Å². The van der Waals surface area contributed by atoms with Gasteiger partial charge in [0.1, 0.15) is 5.82 Å². The van der Waals surface area contributed by atoms with E-state index >= 15 is 0 Å². The molecule has 0 atom stereocenters. The van der Waals surface area contributed by atoms with Crippen LogP contribution in [0.3, 0.4) is 0 Å². The molecular formula is C8H14N4S. The standard InChI is InChI=1S/C8H14N4S/c1-11(2)5-7-9-10-8(13)12(7)6-3-4-6/h6H,3-5H2,1-2H3,(H,10,13). The first-order valence-electron chi connectivity index (χ1n) is 4.49. The molecule has 1 aromatic rings. The van der Waals surface area contributed by atoms with E-state index in [4.69, 9.17) is 12.2 Å². The van der Waals surface area contributed by atoms with Crippen molar-refractivity contribution in [3.05, 3.63) is 10.6 Å². The third-order valence-corrected chi connectivity index (χ3v) is 2.44. The third kappa shape index (κ3) is 1.81.